The third kappa shape index (κ3) is 6.15. The van der Waals surface area contributed by atoms with E-state index in [-0.39, 0.29) is 41.4 Å². The second-order valence-corrected chi connectivity index (χ2v) is 11.7. The molecule has 8 nitrogen and oxygen atoms in total. The van der Waals surface area contributed by atoms with Crippen molar-refractivity contribution in [2.24, 2.45) is 0 Å². The van der Waals surface area contributed by atoms with Gasteiger partial charge in [0.05, 0.1) is 4.90 Å². The Morgan fingerprint density at radius 3 is 2.12 bits per heavy atom. The number of nitrogens with zero attached hydrogens (tertiary/aromatic N) is 2. The number of carbonyl (C=O) groups is 2. The van der Waals surface area contributed by atoms with Crippen molar-refractivity contribution in [1.82, 2.24) is 14.5 Å². The third-order valence-corrected chi connectivity index (χ3v) is 7.58. The molecule has 0 aromatic heterocycles. The molecule has 9 heteroatoms. The first kappa shape index (κ1) is 25.7. The van der Waals surface area contributed by atoms with Gasteiger partial charge in [-0.15, -0.1) is 0 Å². The van der Waals surface area contributed by atoms with Gasteiger partial charge in [-0.2, -0.15) is 4.31 Å². The average molecular weight is 487 g/mol. The molecule has 3 rings (SSSR count). The fourth-order valence-corrected chi connectivity index (χ4v) is 5.17. The molecular formula is C25H34N4O4S. The maximum Gasteiger partial charge on any atom is 0.319 e. The summed E-state index contributed by atoms with van der Waals surface area (Å²) in [6, 6.07) is 13.4. The molecule has 1 aliphatic heterocycles. The van der Waals surface area contributed by atoms with E-state index in [1.54, 1.807) is 41.3 Å². The number of carbonyl (C=O) groups excluding carboxylic acids is 2. The molecule has 0 atom stereocenters. The van der Waals surface area contributed by atoms with Crippen molar-refractivity contribution in [3.05, 3.63) is 59.7 Å². The summed E-state index contributed by atoms with van der Waals surface area (Å²) < 4.78 is 27.6. The van der Waals surface area contributed by atoms with Crippen molar-refractivity contribution in [3.63, 3.8) is 0 Å². The van der Waals surface area contributed by atoms with Crippen LogP contribution >= 0.6 is 0 Å². The van der Waals surface area contributed by atoms with Crippen LogP contribution in [-0.4, -0.2) is 61.8 Å². The van der Waals surface area contributed by atoms with Crippen molar-refractivity contribution in [2.45, 2.75) is 51.0 Å². The Kier molecular flexibility index (Phi) is 7.67. The Bertz CT molecular complexity index is 1130. The minimum Gasteiger partial charge on any atom is -0.336 e. The van der Waals surface area contributed by atoms with E-state index in [0.717, 1.165) is 5.56 Å². The van der Waals surface area contributed by atoms with Gasteiger partial charge in [-0.25, -0.2) is 13.2 Å². The number of urea groups is 1. The summed E-state index contributed by atoms with van der Waals surface area (Å²) in [6.45, 7) is 11.0. The number of sulfonamides is 1. The topological polar surface area (TPSA) is 98.8 Å². The maximum atomic E-state index is 13.1. The minimum atomic E-state index is -3.63. The van der Waals surface area contributed by atoms with Crippen LogP contribution in [0.15, 0.2) is 53.4 Å². The second kappa shape index (κ2) is 10.1. The zero-order valence-corrected chi connectivity index (χ0v) is 21.3. The van der Waals surface area contributed by atoms with Crippen LogP contribution in [0.2, 0.25) is 0 Å². The monoisotopic (exact) mass is 486 g/mol. The number of hydrogen-bond acceptors (Lipinski definition) is 4. The van der Waals surface area contributed by atoms with E-state index in [0.29, 0.717) is 24.3 Å². The molecule has 0 bridgehead atoms. The molecule has 3 amide bonds. The second-order valence-electron chi connectivity index (χ2n) is 9.80. The van der Waals surface area contributed by atoms with E-state index in [4.69, 9.17) is 0 Å². The number of amides is 3. The summed E-state index contributed by atoms with van der Waals surface area (Å²) in [6.07, 6.45) is 0. The van der Waals surface area contributed by atoms with Gasteiger partial charge in [-0.05, 0) is 55.2 Å². The van der Waals surface area contributed by atoms with E-state index in [2.05, 4.69) is 31.4 Å². The highest BCUT2D eigenvalue weighted by Crippen LogP contribution is 2.25. The van der Waals surface area contributed by atoms with Crippen LogP contribution in [0.4, 0.5) is 10.5 Å². The predicted molar refractivity (Wildman–Crippen MR) is 134 cm³/mol. The first-order valence-corrected chi connectivity index (χ1v) is 12.9. The lowest BCUT2D eigenvalue weighted by Crippen LogP contribution is -2.50. The van der Waals surface area contributed by atoms with Crippen molar-refractivity contribution in [3.8, 4) is 0 Å². The van der Waals surface area contributed by atoms with Crippen molar-refractivity contribution in [1.29, 1.82) is 0 Å². The molecule has 2 aromatic rings. The number of piperazine rings is 1. The molecular weight excluding hydrogens is 452 g/mol. The lowest BCUT2D eigenvalue weighted by Gasteiger charge is -2.34. The predicted octanol–water partition coefficient (Wildman–Crippen LogP) is 3.66. The van der Waals surface area contributed by atoms with Gasteiger partial charge in [0.25, 0.3) is 5.91 Å². The molecule has 2 aromatic carbocycles. The normalized spacial score (nSPS) is 15.3. The summed E-state index contributed by atoms with van der Waals surface area (Å²) in [5.41, 5.74) is 1.97. The minimum absolute atomic E-state index is 0.00573. The van der Waals surface area contributed by atoms with E-state index in [9.17, 15) is 18.0 Å². The maximum absolute atomic E-state index is 13.1. The van der Waals surface area contributed by atoms with Crippen molar-refractivity contribution >= 4 is 27.6 Å². The number of anilines is 1. The summed E-state index contributed by atoms with van der Waals surface area (Å²) in [5, 5.41) is 5.46. The van der Waals surface area contributed by atoms with Gasteiger partial charge in [0.2, 0.25) is 10.0 Å². The highest BCUT2D eigenvalue weighted by Gasteiger charge is 2.30. The number of hydrogen-bond donors (Lipinski definition) is 2. The molecule has 34 heavy (non-hydrogen) atoms. The Hall–Kier alpha value is -2.91. The molecule has 0 radical (unpaired) electrons. The summed E-state index contributed by atoms with van der Waals surface area (Å²) >= 11 is 0. The van der Waals surface area contributed by atoms with Gasteiger partial charge < -0.3 is 15.5 Å². The third-order valence-electron chi connectivity index (χ3n) is 5.67. The largest absolute Gasteiger partial charge is 0.336 e. The van der Waals surface area contributed by atoms with Crippen LogP contribution in [-0.2, 0) is 15.4 Å². The first-order chi connectivity index (χ1) is 15.9. The standard InChI is InChI=1S/C25H34N4O4S/c1-18(2)26-24(31)27-21-8-6-7-19(17-21)23(30)28-13-15-29(16-14-28)34(32,33)22-11-9-20(10-12-22)25(3,4)5/h6-12,17-18H,13-16H2,1-5H3,(H2,26,27,31). The highest BCUT2D eigenvalue weighted by atomic mass is 32.2. The Labute approximate surface area is 202 Å². The zero-order chi connectivity index (χ0) is 25.1. The SMILES string of the molecule is CC(C)NC(=O)Nc1cccc(C(=O)N2CCN(S(=O)(=O)c3ccc(C(C)(C)C)cc3)CC2)c1. The van der Waals surface area contributed by atoms with E-state index >= 15 is 0 Å². The molecule has 1 heterocycles. The van der Waals surface area contributed by atoms with Crippen molar-refractivity contribution in [2.75, 3.05) is 31.5 Å². The van der Waals surface area contributed by atoms with E-state index in [1.165, 1.54) is 4.31 Å². The highest BCUT2D eigenvalue weighted by molar-refractivity contribution is 7.89. The van der Waals surface area contributed by atoms with Crippen LogP contribution in [0.1, 0.15) is 50.5 Å². The lowest BCUT2D eigenvalue weighted by molar-refractivity contribution is 0.0698. The molecule has 2 N–H and O–H groups in total. The van der Waals surface area contributed by atoms with Crippen LogP contribution in [0.25, 0.3) is 0 Å². The zero-order valence-electron chi connectivity index (χ0n) is 20.5. The number of benzene rings is 2. The fourth-order valence-electron chi connectivity index (χ4n) is 3.75. The van der Waals surface area contributed by atoms with Gasteiger partial charge in [0.1, 0.15) is 0 Å². The van der Waals surface area contributed by atoms with E-state index in [1.807, 2.05) is 26.0 Å². The fraction of sp³-hybridized carbons (Fsp3) is 0.440. The molecule has 1 aliphatic rings. The molecule has 184 valence electrons. The Balaban J connectivity index is 1.63. The van der Waals surface area contributed by atoms with E-state index < -0.39 is 10.0 Å². The summed E-state index contributed by atoms with van der Waals surface area (Å²) in [4.78, 5) is 26.8. The summed E-state index contributed by atoms with van der Waals surface area (Å²) in [7, 11) is -3.63. The number of rotatable bonds is 5. The van der Waals surface area contributed by atoms with Crippen LogP contribution in [0.5, 0.6) is 0 Å². The van der Waals surface area contributed by atoms with Gasteiger partial charge in [-0.3, -0.25) is 4.79 Å². The van der Waals surface area contributed by atoms with Crippen LogP contribution < -0.4 is 10.6 Å². The quantitative estimate of drug-likeness (QED) is 0.674. The average Bonchev–Trinajstić information content (AvgIpc) is 2.78. The smallest absolute Gasteiger partial charge is 0.319 e. The molecule has 0 unspecified atom stereocenters. The van der Waals surface area contributed by atoms with Gasteiger partial charge >= 0.3 is 6.03 Å². The summed E-state index contributed by atoms with van der Waals surface area (Å²) in [5.74, 6) is -0.195. The lowest BCUT2D eigenvalue weighted by atomic mass is 9.87. The van der Waals surface area contributed by atoms with Crippen LogP contribution in [0, 0.1) is 0 Å². The molecule has 0 saturated carbocycles. The van der Waals surface area contributed by atoms with Crippen LogP contribution in [0.3, 0.4) is 0 Å². The number of nitrogens with one attached hydrogen (secondary N) is 2. The first-order valence-electron chi connectivity index (χ1n) is 11.5. The Morgan fingerprint density at radius 2 is 1.56 bits per heavy atom. The van der Waals surface area contributed by atoms with Gasteiger partial charge in [0.15, 0.2) is 0 Å². The van der Waals surface area contributed by atoms with Gasteiger partial charge in [0, 0.05) is 43.5 Å². The molecule has 1 fully saturated rings. The molecule has 1 saturated heterocycles. The Morgan fingerprint density at radius 1 is 0.941 bits per heavy atom. The molecule has 0 spiro atoms. The van der Waals surface area contributed by atoms with Crippen molar-refractivity contribution < 1.29 is 18.0 Å². The molecule has 0 aliphatic carbocycles. The van der Waals surface area contributed by atoms with Gasteiger partial charge in [-0.1, -0.05) is 39.0 Å².